The molecule has 150 valence electrons. The van der Waals surface area contributed by atoms with Crippen molar-refractivity contribution in [1.82, 2.24) is 9.88 Å². The molecule has 2 heterocycles. The molecule has 1 saturated heterocycles. The monoisotopic (exact) mass is 456 g/mol. The van der Waals surface area contributed by atoms with Crippen LogP contribution in [-0.2, 0) is 9.59 Å². The number of pyridine rings is 1. The molecule has 1 aliphatic carbocycles. The van der Waals surface area contributed by atoms with Gasteiger partial charge in [0.25, 0.3) is 11.7 Å². The second kappa shape index (κ2) is 7.99. The number of carbonyl (C=O) groups is 2. The summed E-state index contributed by atoms with van der Waals surface area (Å²) in [4.78, 5) is 32.0. The van der Waals surface area contributed by atoms with E-state index >= 15 is 0 Å². The second-order valence-corrected chi connectivity index (χ2v) is 8.10. The van der Waals surface area contributed by atoms with Crippen LogP contribution in [0.4, 0.5) is 0 Å². The zero-order valence-corrected chi connectivity index (χ0v) is 17.6. The number of Topliss-reactive ketones (excluding diaryl/α,β-unsaturated/α-hetero) is 1. The first-order chi connectivity index (χ1) is 14.0. The predicted octanol–water partition coefficient (Wildman–Crippen LogP) is 4.22. The van der Waals surface area contributed by atoms with Crippen molar-refractivity contribution in [3.05, 3.63) is 63.9 Å². The highest BCUT2D eigenvalue weighted by atomic mass is 79.9. The molecule has 2 aromatic rings. The van der Waals surface area contributed by atoms with Crippen molar-refractivity contribution in [2.45, 2.75) is 37.8 Å². The van der Waals surface area contributed by atoms with Gasteiger partial charge in [0.1, 0.15) is 17.6 Å². The van der Waals surface area contributed by atoms with Crippen LogP contribution in [0.3, 0.4) is 0 Å². The van der Waals surface area contributed by atoms with Gasteiger partial charge in [0.05, 0.1) is 22.8 Å². The number of nitrogens with zero attached hydrogens (tertiary/aromatic N) is 2. The summed E-state index contributed by atoms with van der Waals surface area (Å²) >= 11 is 3.40. The molecule has 4 rings (SSSR count). The van der Waals surface area contributed by atoms with E-state index in [1.807, 2.05) is 6.07 Å². The van der Waals surface area contributed by atoms with Gasteiger partial charge in [-0.1, -0.05) is 18.9 Å². The van der Waals surface area contributed by atoms with E-state index in [0.29, 0.717) is 21.5 Å². The van der Waals surface area contributed by atoms with Crippen LogP contribution in [0, 0.1) is 0 Å². The van der Waals surface area contributed by atoms with Gasteiger partial charge in [-0.3, -0.25) is 14.6 Å². The lowest BCUT2D eigenvalue weighted by atomic mass is 9.97. The normalized spacial score (nSPS) is 21.7. The lowest BCUT2D eigenvalue weighted by molar-refractivity contribution is -0.141. The average molecular weight is 457 g/mol. The number of likely N-dealkylation sites (tertiary alicyclic amines) is 1. The third kappa shape index (κ3) is 3.44. The lowest BCUT2D eigenvalue weighted by Crippen LogP contribution is -2.37. The van der Waals surface area contributed by atoms with Crippen LogP contribution in [-0.4, -0.2) is 39.8 Å². The summed E-state index contributed by atoms with van der Waals surface area (Å²) in [6.07, 6.45) is 5.38. The molecule has 29 heavy (non-hydrogen) atoms. The Hall–Kier alpha value is -2.67. The van der Waals surface area contributed by atoms with Gasteiger partial charge in [-0.15, -0.1) is 0 Å². The van der Waals surface area contributed by atoms with E-state index in [2.05, 4.69) is 20.9 Å². The van der Waals surface area contributed by atoms with Crippen molar-refractivity contribution in [2.24, 2.45) is 0 Å². The van der Waals surface area contributed by atoms with E-state index in [0.717, 1.165) is 25.7 Å². The Labute approximate surface area is 177 Å². The summed E-state index contributed by atoms with van der Waals surface area (Å²) in [6, 6.07) is 9.71. The van der Waals surface area contributed by atoms with Gasteiger partial charge in [0.2, 0.25) is 0 Å². The number of hydrogen-bond donors (Lipinski definition) is 1. The third-order valence-electron chi connectivity index (χ3n) is 5.59. The fourth-order valence-corrected chi connectivity index (χ4v) is 4.75. The second-order valence-electron chi connectivity index (χ2n) is 7.25. The maximum Gasteiger partial charge on any atom is 0.295 e. The Balaban J connectivity index is 1.87. The molecule has 7 heteroatoms. The molecule has 1 unspecified atom stereocenters. The number of aliphatic hydroxyl groups is 1. The number of hydrogen-bond acceptors (Lipinski definition) is 5. The van der Waals surface area contributed by atoms with E-state index in [1.165, 1.54) is 0 Å². The van der Waals surface area contributed by atoms with Crippen LogP contribution in [0.5, 0.6) is 5.75 Å². The molecule has 6 nitrogen and oxygen atoms in total. The summed E-state index contributed by atoms with van der Waals surface area (Å²) < 4.78 is 5.88. The fourth-order valence-electron chi connectivity index (χ4n) is 4.21. The number of aromatic nitrogens is 1. The molecule has 0 radical (unpaired) electrons. The molecule has 0 bridgehead atoms. The molecule has 2 aliphatic rings. The van der Waals surface area contributed by atoms with Crippen LogP contribution in [0.1, 0.15) is 43.0 Å². The number of aliphatic hydroxyl groups excluding tert-OH is 1. The fraction of sp³-hybridized carbons (Fsp3) is 0.318. The molecule has 0 spiro atoms. The van der Waals surface area contributed by atoms with Gasteiger partial charge in [-0.05, 0) is 59.1 Å². The summed E-state index contributed by atoms with van der Waals surface area (Å²) in [6.45, 7) is 0. The molecular formula is C22H21BrN2O4. The zero-order valence-electron chi connectivity index (χ0n) is 16.0. The van der Waals surface area contributed by atoms with E-state index in [-0.39, 0.29) is 17.4 Å². The van der Waals surface area contributed by atoms with Crippen molar-refractivity contribution in [2.75, 3.05) is 7.11 Å². The quantitative estimate of drug-likeness (QED) is 0.423. The molecule has 1 atom stereocenters. The minimum atomic E-state index is -0.694. The van der Waals surface area contributed by atoms with Crippen molar-refractivity contribution >= 4 is 33.4 Å². The number of carbonyl (C=O) groups excluding carboxylic acids is 2. The Morgan fingerprint density at radius 2 is 1.97 bits per heavy atom. The highest BCUT2D eigenvalue weighted by molar-refractivity contribution is 9.10. The van der Waals surface area contributed by atoms with E-state index in [1.54, 1.807) is 48.5 Å². The van der Waals surface area contributed by atoms with Crippen LogP contribution >= 0.6 is 15.9 Å². The first-order valence-corrected chi connectivity index (χ1v) is 10.4. The standard InChI is InChI=1S/C22H21BrN2O4/c1-29-17-10-9-13(12-15(17)23)20(26)18-19(16-8-4-5-11-24-16)25(22(28)21(18)27)14-6-2-3-7-14/h4-5,8-12,14,19,26H,2-3,6-7H2,1H3/b20-18-. The van der Waals surface area contributed by atoms with Gasteiger partial charge in [0, 0.05) is 17.8 Å². The maximum atomic E-state index is 13.0. The summed E-state index contributed by atoms with van der Waals surface area (Å²) in [5.74, 6) is -0.837. The van der Waals surface area contributed by atoms with Crippen LogP contribution < -0.4 is 4.74 Å². The number of amides is 1. The Kier molecular flexibility index (Phi) is 5.41. The Morgan fingerprint density at radius 1 is 1.21 bits per heavy atom. The molecule has 1 amide bonds. The first-order valence-electron chi connectivity index (χ1n) is 9.58. The predicted molar refractivity (Wildman–Crippen MR) is 111 cm³/mol. The smallest absolute Gasteiger partial charge is 0.295 e. The van der Waals surface area contributed by atoms with Crippen molar-refractivity contribution in [3.63, 3.8) is 0 Å². The molecule has 1 aromatic heterocycles. The number of halogens is 1. The topological polar surface area (TPSA) is 79.7 Å². The van der Waals surface area contributed by atoms with E-state index in [9.17, 15) is 14.7 Å². The minimum absolute atomic E-state index is 0.0219. The number of methoxy groups -OCH3 is 1. The van der Waals surface area contributed by atoms with Crippen LogP contribution in [0.25, 0.3) is 5.76 Å². The van der Waals surface area contributed by atoms with Crippen LogP contribution in [0.15, 0.2) is 52.6 Å². The van der Waals surface area contributed by atoms with Gasteiger partial charge >= 0.3 is 0 Å². The van der Waals surface area contributed by atoms with Gasteiger partial charge in [0.15, 0.2) is 0 Å². The number of rotatable bonds is 4. The van der Waals surface area contributed by atoms with E-state index < -0.39 is 17.7 Å². The highest BCUT2D eigenvalue weighted by Crippen LogP contribution is 2.43. The summed E-state index contributed by atoms with van der Waals surface area (Å²) in [5.41, 5.74) is 1.09. The van der Waals surface area contributed by atoms with Crippen molar-refractivity contribution in [1.29, 1.82) is 0 Å². The number of benzene rings is 1. The molecule has 1 N–H and O–H groups in total. The zero-order chi connectivity index (χ0) is 20.5. The Morgan fingerprint density at radius 3 is 2.59 bits per heavy atom. The van der Waals surface area contributed by atoms with Gasteiger partial charge < -0.3 is 14.7 Å². The van der Waals surface area contributed by atoms with Gasteiger partial charge in [-0.25, -0.2) is 0 Å². The first kappa shape index (κ1) is 19.6. The molecule has 1 aromatic carbocycles. The molecule has 2 fully saturated rings. The van der Waals surface area contributed by atoms with Crippen molar-refractivity contribution < 1.29 is 19.4 Å². The average Bonchev–Trinajstić information content (AvgIpc) is 3.35. The SMILES string of the molecule is COc1ccc(/C(O)=C2/C(=O)C(=O)N(C3CCCC3)C2c2ccccn2)cc1Br. The third-order valence-corrected chi connectivity index (χ3v) is 6.21. The van der Waals surface area contributed by atoms with E-state index in [4.69, 9.17) is 4.74 Å². The van der Waals surface area contributed by atoms with Gasteiger partial charge in [-0.2, -0.15) is 0 Å². The van der Waals surface area contributed by atoms with Crippen LogP contribution in [0.2, 0.25) is 0 Å². The maximum absolute atomic E-state index is 13.0. The Bertz CT molecular complexity index is 984. The lowest BCUT2D eigenvalue weighted by Gasteiger charge is -2.30. The number of ketones is 1. The van der Waals surface area contributed by atoms with Crippen molar-refractivity contribution in [3.8, 4) is 5.75 Å². The number of ether oxygens (including phenoxy) is 1. The molecule has 1 aliphatic heterocycles. The minimum Gasteiger partial charge on any atom is -0.507 e. The molecular weight excluding hydrogens is 436 g/mol. The largest absolute Gasteiger partial charge is 0.507 e. The highest BCUT2D eigenvalue weighted by Gasteiger charge is 2.49. The summed E-state index contributed by atoms with van der Waals surface area (Å²) in [5, 5.41) is 11.1. The summed E-state index contributed by atoms with van der Waals surface area (Å²) in [7, 11) is 1.55. The molecule has 1 saturated carbocycles.